The second-order valence-electron chi connectivity index (χ2n) is 6.89. The van der Waals surface area contributed by atoms with Crippen LogP contribution in [0.5, 0.6) is 11.5 Å². The molecular weight excluding hydrogens is 393 g/mol. The molecule has 1 atom stereocenters. The fourth-order valence-electron chi connectivity index (χ4n) is 2.91. The van der Waals surface area contributed by atoms with Crippen LogP contribution >= 0.6 is 0 Å². The Morgan fingerprint density at radius 3 is 2.40 bits per heavy atom. The number of carbonyl (C=O) groups is 2. The molecule has 7 nitrogen and oxygen atoms in total. The van der Waals surface area contributed by atoms with Crippen LogP contribution in [0.25, 0.3) is 0 Å². The number of ether oxygens (including phenoxy) is 3. The molecular formula is C22H26FNO6. The highest BCUT2D eigenvalue weighted by atomic mass is 19.1. The van der Waals surface area contributed by atoms with Gasteiger partial charge in [0.15, 0.2) is 6.10 Å². The average Bonchev–Trinajstić information content (AvgIpc) is 2.71. The zero-order chi connectivity index (χ0) is 22.3. The molecule has 2 N–H and O–H groups in total. The summed E-state index contributed by atoms with van der Waals surface area (Å²) in [4.78, 5) is 23.8. The van der Waals surface area contributed by atoms with Crippen molar-refractivity contribution in [3.05, 3.63) is 58.9 Å². The minimum absolute atomic E-state index is 0.0735. The van der Waals surface area contributed by atoms with Gasteiger partial charge >= 0.3 is 5.97 Å². The van der Waals surface area contributed by atoms with Crippen LogP contribution < -0.4 is 14.8 Å². The molecule has 0 fully saturated rings. The van der Waals surface area contributed by atoms with Gasteiger partial charge in [-0.1, -0.05) is 12.1 Å². The van der Waals surface area contributed by atoms with Crippen LogP contribution in [0.3, 0.4) is 0 Å². The minimum Gasteiger partial charge on any atom is -0.497 e. The zero-order valence-corrected chi connectivity index (χ0v) is 17.4. The number of carbonyl (C=O) groups excluding carboxylic acids is 1. The largest absolute Gasteiger partial charge is 0.497 e. The summed E-state index contributed by atoms with van der Waals surface area (Å²) in [6.07, 6.45) is -1.07. The van der Waals surface area contributed by atoms with Crippen molar-refractivity contribution in [2.45, 2.75) is 39.0 Å². The number of hydrogen-bond donors (Lipinski definition) is 2. The highest BCUT2D eigenvalue weighted by Crippen LogP contribution is 2.22. The van der Waals surface area contributed by atoms with E-state index in [1.807, 2.05) is 0 Å². The molecule has 0 saturated carbocycles. The Balaban J connectivity index is 2.15. The third kappa shape index (κ3) is 6.18. The predicted octanol–water partition coefficient (Wildman–Crippen LogP) is 3.19. The Bertz CT molecular complexity index is 899. The SMILES string of the molecule is COc1ccc(C(=O)NCc2cc(CC(OC(C)C)C(=O)O)ccc2OC)c(F)c1. The number of carboxylic acids is 1. The molecule has 2 rings (SSSR count). The molecule has 0 heterocycles. The number of aliphatic carboxylic acids is 1. The van der Waals surface area contributed by atoms with Gasteiger partial charge in [0.2, 0.25) is 0 Å². The fourth-order valence-corrected chi connectivity index (χ4v) is 2.91. The van der Waals surface area contributed by atoms with Gasteiger partial charge in [-0.05, 0) is 37.6 Å². The van der Waals surface area contributed by atoms with Crippen molar-refractivity contribution in [1.82, 2.24) is 5.32 Å². The summed E-state index contributed by atoms with van der Waals surface area (Å²) in [5.74, 6) is -1.50. The Morgan fingerprint density at radius 2 is 1.83 bits per heavy atom. The number of methoxy groups -OCH3 is 2. The van der Waals surface area contributed by atoms with Crippen molar-refractivity contribution in [3.8, 4) is 11.5 Å². The molecule has 162 valence electrons. The Kier molecular flexibility index (Phi) is 8.17. The molecule has 0 saturated heterocycles. The van der Waals surface area contributed by atoms with Crippen LogP contribution in [0.2, 0.25) is 0 Å². The number of halogens is 1. The fraction of sp³-hybridized carbons (Fsp3) is 0.364. The molecule has 0 aliphatic rings. The summed E-state index contributed by atoms with van der Waals surface area (Å²) >= 11 is 0. The Labute approximate surface area is 174 Å². The van der Waals surface area contributed by atoms with Gasteiger partial charge in [0.1, 0.15) is 17.3 Å². The van der Waals surface area contributed by atoms with Gasteiger partial charge in [0, 0.05) is 24.6 Å². The van der Waals surface area contributed by atoms with E-state index >= 15 is 0 Å². The van der Waals surface area contributed by atoms with Crippen molar-refractivity contribution in [2.24, 2.45) is 0 Å². The summed E-state index contributed by atoms with van der Waals surface area (Å²) in [6.45, 7) is 3.61. The molecule has 0 aliphatic heterocycles. The van der Waals surface area contributed by atoms with Crippen molar-refractivity contribution in [1.29, 1.82) is 0 Å². The van der Waals surface area contributed by atoms with Crippen LogP contribution in [-0.2, 0) is 22.5 Å². The smallest absolute Gasteiger partial charge is 0.333 e. The van der Waals surface area contributed by atoms with Gasteiger partial charge in [-0.2, -0.15) is 0 Å². The quantitative estimate of drug-likeness (QED) is 0.614. The number of amides is 1. The first kappa shape index (κ1) is 23.2. The molecule has 8 heteroatoms. The van der Waals surface area contributed by atoms with Gasteiger partial charge in [0.05, 0.1) is 25.9 Å². The highest BCUT2D eigenvalue weighted by molar-refractivity contribution is 5.94. The van der Waals surface area contributed by atoms with Gasteiger partial charge in [0.25, 0.3) is 5.91 Å². The van der Waals surface area contributed by atoms with Crippen molar-refractivity contribution < 1.29 is 33.3 Å². The van der Waals surface area contributed by atoms with Crippen molar-refractivity contribution in [3.63, 3.8) is 0 Å². The molecule has 0 aromatic heterocycles. The topological polar surface area (TPSA) is 94.1 Å². The Hall–Kier alpha value is -3.13. The van der Waals surface area contributed by atoms with E-state index in [4.69, 9.17) is 14.2 Å². The van der Waals surface area contributed by atoms with Gasteiger partial charge < -0.3 is 24.6 Å². The molecule has 2 aromatic rings. The van der Waals surface area contributed by atoms with Crippen LogP contribution in [-0.4, -0.2) is 43.4 Å². The van der Waals surface area contributed by atoms with E-state index in [9.17, 15) is 19.1 Å². The van der Waals surface area contributed by atoms with Gasteiger partial charge in [-0.3, -0.25) is 4.79 Å². The summed E-state index contributed by atoms with van der Waals surface area (Å²) in [5.41, 5.74) is 1.23. The van der Waals surface area contributed by atoms with E-state index in [1.54, 1.807) is 32.0 Å². The minimum atomic E-state index is -1.05. The third-order valence-electron chi connectivity index (χ3n) is 4.34. The van der Waals surface area contributed by atoms with Crippen LogP contribution in [0, 0.1) is 5.82 Å². The van der Waals surface area contributed by atoms with E-state index in [-0.39, 0.29) is 24.6 Å². The lowest BCUT2D eigenvalue weighted by atomic mass is 10.0. The van der Waals surface area contributed by atoms with Crippen LogP contribution in [0.4, 0.5) is 4.39 Å². The average molecular weight is 419 g/mol. The van der Waals surface area contributed by atoms with Crippen molar-refractivity contribution in [2.75, 3.05) is 14.2 Å². The summed E-state index contributed by atoms with van der Waals surface area (Å²) in [7, 11) is 2.90. The maximum absolute atomic E-state index is 14.1. The first-order valence-corrected chi connectivity index (χ1v) is 9.41. The monoisotopic (exact) mass is 419 g/mol. The lowest BCUT2D eigenvalue weighted by molar-refractivity contribution is -0.153. The van der Waals surface area contributed by atoms with Crippen LogP contribution in [0.15, 0.2) is 36.4 Å². The Morgan fingerprint density at radius 1 is 1.10 bits per heavy atom. The molecule has 1 amide bonds. The van der Waals surface area contributed by atoms with Gasteiger partial charge in [-0.25, -0.2) is 9.18 Å². The van der Waals surface area contributed by atoms with E-state index in [0.717, 1.165) is 6.07 Å². The number of hydrogen-bond acceptors (Lipinski definition) is 5. The molecule has 30 heavy (non-hydrogen) atoms. The number of nitrogens with one attached hydrogen (secondary N) is 1. The molecule has 0 bridgehead atoms. The number of benzene rings is 2. The van der Waals surface area contributed by atoms with Gasteiger partial charge in [-0.15, -0.1) is 0 Å². The van der Waals surface area contributed by atoms with E-state index in [2.05, 4.69) is 5.32 Å². The molecule has 1 unspecified atom stereocenters. The standard InChI is InChI=1S/C22H26FNO6/c1-13(2)30-20(22(26)27)10-14-5-8-19(29-4)15(9-14)12-24-21(25)17-7-6-16(28-3)11-18(17)23/h5-9,11,13,20H,10,12H2,1-4H3,(H,24,25)(H,26,27). The second kappa shape index (κ2) is 10.6. The number of rotatable bonds is 10. The maximum atomic E-state index is 14.1. The maximum Gasteiger partial charge on any atom is 0.333 e. The molecule has 0 radical (unpaired) electrons. The van der Waals surface area contributed by atoms with Crippen LogP contribution in [0.1, 0.15) is 35.3 Å². The zero-order valence-electron chi connectivity index (χ0n) is 17.4. The number of carboxylic acid groups (broad SMARTS) is 1. The summed E-state index contributed by atoms with van der Waals surface area (Å²) in [6, 6.07) is 9.16. The first-order chi connectivity index (χ1) is 14.2. The molecule has 0 aliphatic carbocycles. The lowest BCUT2D eigenvalue weighted by Gasteiger charge is -2.18. The molecule has 2 aromatic carbocycles. The predicted molar refractivity (Wildman–Crippen MR) is 108 cm³/mol. The first-order valence-electron chi connectivity index (χ1n) is 9.41. The summed E-state index contributed by atoms with van der Waals surface area (Å²) < 4.78 is 29.8. The van der Waals surface area contributed by atoms with E-state index in [1.165, 1.54) is 26.4 Å². The lowest BCUT2D eigenvalue weighted by Crippen LogP contribution is -2.29. The van der Waals surface area contributed by atoms with Crippen molar-refractivity contribution >= 4 is 11.9 Å². The molecule has 0 spiro atoms. The second-order valence-corrected chi connectivity index (χ2v) is 6.89. The van der Waals surface area contributed by atoms with E-state index in [0.29, 0.717) is 22.6 Å². The summed E-state index contributed by atoms with van der Waals surface area (Å²) in [5, 5.41) is 12.0. The highest BCUT2D eigenvalue weighted by Gasteiger charge is 2.21. The van der Waals surface area contributed by atoms with E-state index < -0.39 is 23.8 Å². The normalized spacial score (nSPS) is 11.8. The third-order valence-corrected chi connectivity index (χ3v) is 4.34.